The molecule has 4 N–H and O–H groups in total. The first-order valence-corrected chi connectivity index (χ1v) is 5.94. The van der Waals surface area contributed by atoms with Crippen LogP contribution in [0.4, 0.5) is 0 Å². The molecule has 0 aliphatic carbocycles. The molecule has 0 saturated carbocycles. The zero-order valence-electron chi connectivity index (χ0n) is 10.5. The highest BCUT2D eigenvalue weighted by molar-refractivity contribution is 5.80. The van der Waals surface area contributed by atoms with Gasteiger partial charge in [-0.3, -0.25) is 0 Å². The van der Waals surface area contributed by atoms with E-state index in [1.54, 1.807) is 0 Å². The van der Waals surface area contributed by atoms with E-state index in [4.69, 9.17) is 10.9 Å². The van der Waals surface area contributed by atoms with Crippen molar-refractivity contribution >= 4 is 5.84 Å². The molecule has 94 valence electrons. The Morgan fingerprint density at radius 1 is 1.69 bits per heavy atom. The van der Waals surface area contributed by atoms with Gasteiger partial charge in [0, 0.05) is 25.0 Å². The molecular weight excluding hydrogens is 204 g/mol. The van der Waals surface area contributed by atoms with E-state index >= 15 is 0 Å². The molecule has 1 aliphatic heterocycles. The number of nitrogens with zero attached hydrogens (tertiary/aromatic N) is 2. The fraction of sp³-hybridized carbons (Fsp3) is 0.909. The molecule has 0 amide bonds. The second-order valence-corrected chi connectivity index (χ2v) is 5.00. The summed E-state index contributed by atoms with van der Waals surface area (Å²) in [6, 6.07) is 0.796. The molecule has 5 heteroatoms. The number of hydrogen-bond acceptors (Lipinski definition) is 4. The molecule has 1 aliphatic rings. The summed E-state index contributed by atoms with van der Waals surface area (Å²) < 4.78 is 0. The van der Waals surface area contributed by atoms with Crippen LogP contribution < -0.4 is 11.1 Å². The average Bonchev–Trinajstić information content (AvgIpc) is 2.22. The molecular formula is C11H24N4O. The van der Waals surface area contributed by atoms with Crippen molar-refractivity contribution in [1.82, 2.24) is 10.2 Å². The van der Waals surface area contributed by atoms with Crippen LogP contribution in [-0.2, 0) is 0 Å². The maximum Gasteiger partial charge on any atom is 0.140 e. The minimum absolute atomic E-state index is 0.256. The zero-order valence-corrected chi connectivity index (χ0v) is 10.5. The fourth-order valence-corrected chi connectivity index (χ4v) is 2.38. The summed E-state index contributed by atoms with van der Waals surface area (Å²) in [5.74, 6) is 0.939. The SMILES string of the molecule is CC(CC(N)=NO)NC1CCN(C)CC1C. The fourth-order valence-electron chi connectivity index (χ4n) is 2.38. The van der Waals surface area contributed by atoms with E-state index in [1.807, 2.05) is 0 Å². The van der Waals surface area contributed by atoms with Crippen LogP contribution >= 0.6 is 0 Å². The highest BCUT2D eigenvalue weighted by atomic mass is 16.4. The van der Waals surface area contributed by atoms with Gasteiger partial charge in [0.2, 0.25) is 0 Å². The Labute approximate surface area is 97.7 Å². The zero-order chi connectivity index (χ0) is 12.1. The number of oxime groups is 1. The largest absolute Gasteiger partial charge is 0.409 e. The van der Waals surface area contributed by atoms with E-state index in [0.717, 1.165) is 19.5 Å². The molecule has 1 saturated heterocycles. The predicted octanol–water partition coefficient (Wildman–Crippen LogP) is 0.441. The standard InChI is InChI=1S/C11H24N4O/c1-8-7-15(3)5-4-10(8)13-9(2)6-11(12)14-16/h8-10,13,16H,4-7H2,1-3H3,(H2,12,14). The molecule has 1 rings (SSSR count). The Morgan fingerprint density at radius 2 is 2.38 bits per heavy atom. The summed E-state index contributed by atoms with van der Waals surface area (Å²) in [5.41, 5.74) is 5.49. The summed E-state index contributed by atoms with van der Waals surface area (Å²) in [4.78, 5) is 2.36. The number of likely N-dealkylation sites (tertiary alicyclic amines) is 1. The second kappa shape index (κ2) is 6.06. The molecule has 0 aromatic heterocycles. The highest BCUT2D eigenvalue weighted by Crippen LogP contribution is 2.16. The van der Waals surface area contributed by atoms with Crippen LogP contribution in [0.25, 0.3) is 0 Å². The Hall–Kier alpha value is -0.810. The van der Waals surface area contributed by atoms with Gasteiger partial charge in [-0.1, -0.05) is 12.1 Å². The third-order valence-electron chi connectivity index (χ3n) is 3.25. The maximum absolute atomic E-state index is 8.50. The van der Waals surface area contributed by atoms with Crippen molar-refractivity contribution < 1.29 is 5.21 Å². The Balaban J connectivity index is 2.36. The monoisotopic (exact) mass is 228 g/mol. The first-order chi connectivity index (χ1) is 7.52. The molecule has 0 aromatic carbocycles. The highest BCUT2D eigenvalue weighted by Gasteiger charge is 2.25. The van der Waals surface area contributed by atoms with Crippen molar-refractivity contribution in [2.75, 3.05) is 20.1 Å². The first-order valence-electron chi connectivity index (χ1n) is 5.94. The van der Waals surface area contributed by atoms with E-state index in [2.05, 4.69) is 36.3 Å². The van der Waals surface area contributed by atoms with Gasteiger partial charge in [-0.15, -0.1) is 0 Å². The molecule has 16 heavy (non-hydrogen) atoms. The Bertz CT molecular complexity index is 244. The van der Waals surface area contributed by atoms with E-state index < -0.39 is 0 Å². The lowest BCUT2D eigenvalue weighted by molar-refractivity contribution is 0.168. The van der Waals surface area contributed by atoms with Crippen LogP contribution in [-0.4, -0.2) is 48.2 Å². The molecule has 0 spiro atoms. The lowest BCUT2D eigenvalue weighted by Crippen LogP contribution is -2.50. The molecule has 1 heterocycles. The van der Waals surface area contributed by atoms with Gasteiger partial charge in [0.15, 0.2) is 0 Å². The number of hydrogen-bond donors (Lipinski definition) is 3. The minimum atomic E-state index is 0.256. The molecule has 0 radical (unpaired) electrons. The van der Waals surface area contributed by atoms with Gasteiger partial charge in [0.05, 0.1) is 0 Å². The Kier molecular flexibility index (Phi) is 5.02. The van der Waals surface area contributed by atoms with Gasteiger partial charge in [-0.05, 0) is 32.9 Å². The smallest absolute Gasteiger partial charge is 0.140 e. The number of piperidine rings is 1. The Morgan fingerprint density at radius 3 is 2.94 bits per heavy atom. The van der Waals surface area contributed by atoms with E-state index in [9.17, 15) is 0 Å². The van der Waals surface area contributed by atoms with Crippen LogP contribution in [0.15, 0.2) is 5.16 Å². The normalized spacial score (nSPS) is 30.3. The predicted molar refractivity (Wildman–Crippen MR) is 65.7 cm³/mol. The lowest BCUT2D eigenvalue weighted by atomic mass is 9.93. The molecule has 0 aromatic rings. The maximum atomic E-state index is 8.50. The van der Waals surface area contributed by atoms with Gasteiger partial charge < -0.3 is 21.2 Å². The van der Waals surface area contributed by atoms with Crippen molar-refractivity contribution in [3.63, 3.8) is 0 Å². The summed E-state index contributed by atoms with van der Waals surface area (Å²) in [6.45, 7) is 6.61. The number of nitrogens with one attached hydrogen (secondary N) is 1. The van der Waals surface area contributed by atoms with E-state index in [0.29, 0.717) is 24.2 Å². The number of nitrogens with two attached hydrogens (primary N) is 1. The first kappa shape index (κ1) is 13.3. The summed E-state index contributed by atoms with van der Waals surface area (Å²) in [5, 5.41) is 15.1. The van der Waals surface area contributed by atoms with Crippen molar-refractivity contribution in [2.45, 2.75) is 38.8 Å². The van der Waals surface area contributed by atoms with Gasteiger partial charge in [0.1, 0.15) is 5.84 Å². The van der Waals surface area contributed by atoms with Gasteiger partial charge in [-0.2, -0.15) is 0 Å². The van der Waals surface area contributed by atoms with Crippen LogP contribution in [0, 0.1) is 5.92 Å². The average molecular weight is 228 g/mol. The van der Waals surface area contributed by atoms with Crippen molar-refractivity contribution in [3.05, 3.63) is 0 Å². The third-order valence-corrected chi connectivity index (χ3v) is 3.25. The van der Waals surface area contributed by atoms with Crippen LogP contribution in [0.5, 0.6) is 0 Å². The van der Waals surface area contributed by atoms with Crippen molar-refractivity contribution in [3.8, 4) is 0 Å². The van der Waals surface area contributed by atoms with E-state index in [1.165, 1.54) is 0 Å². The summed E-state index contributed by atoms with van der Waals surface area (Å²) >= 11 is 0. The molecule has 1 fully saturated rings. The lowest BCUT2D eigenvalue weighted by Gasteiger charge is -2.36. The second-order valence-electron chi connectivity index (χ2n) is 5.00. The van der Waals surface area contributed by atoms with Crippen LogP contribution in [0.1, 0.15) is 26.7 Å². The summed E-state index contributed by atoms with van der Waals surface area (Å²) in [6.07, 6.45) is 1.76. The van der Waals surface area contributed by atoms with Crippen LogP contribution in [0.2, 0.25) is 0 Å². The van der Waals surface area contributed by atoms with Gasteiger partial charge in [0.25, 0.3) is 0 Å². The number of rotatable bonds is 4. The van der Waals surface area contributed by atoms with Gasteiger partial charge >= 0.3 is 0 Å². The van der Waals surface area contributed by atoms with Crippen LogP contribution in [0.3, 0.4) is 0 Å². The third kappa shape index (κ3) is 3.98. The van der Waals surface area contributed by atoms with Crippen molar-refractivity contribution in [2.24, 2.45) is 16.8 Å². The minimum Gasteiger partial charge on any atom is -0.409 e. The summed E-state index contributed by atoms with van der Waals surface area (Å²) in [7, 11) is 2.16. The molecule has 0 bridgehead atoms. The molecule has 3 atom stereocenters. The molecule has 5 nitrogen and oxygen atoms in total. The molecule has 3 unspecified atom stereocenters. The van der Waals surface area contributed by atoms with Crippen molar-refractivity contribution in [1.29, 1.82) is 0 Å². The van der Waals surface area contributed by atoms with E-state index in [-0.39, 0.29) is 6.04 Å². The topological polar surface area (TPSA) is 73.9 Å². The number of amidine groups is 1. The quantitative estimate of drug-likeness (QED) is 0.282. The van der Waals surface area contributed by atoms with Gasteiger partial charge in [-0.25, -0.2) is 0 Å².